The van der Waals surface area contributed by atoms with E-state index in [1.54, 1.807) is 40.6 Å². The fourth-order valence-electron chi connectivity index (χ4n) is 13.7. The first-order valence-electron chi connectivity index (χ1n) is 35.2. The highest BCUT2D eigenvalue weighted by Gasteiger charge is 2.37. The standard InChI is InChI=1S/C28H35N5O3.C18H26N2O4.C14H18O4.C13H17BrO3.C4H8N2O/c1-36-26-4-2-3-22(18-32-16-11-30-27(34)19-32)24(26)10-14-31-12-8-23(9-13-31)33-15-7-20-5-6-21(28(29)35)17-25(20)33;1-18(2)23-12-14(24-18)9-15-13(5-4-6-16(15)22-3)10-20-8-7-19-17(21)11-20;1-14(2)17-9-11(18-14)7-12-10(8-15)5-4-6-13(12)16-3;1-13(2)16-8-9(17-13)7-10-11(14)5-4-6-12(10)15-3;7-4-3-5-1-2-6-4/h2-7,15,17,23H,8-14,16,18-19H2,1H3,(H2,29,35)(H,30,34);4-6,14H,7-12H2,1-3H3,(H,19,21);4-6,8,11H,7,9H2,1-3H3;4-6,9H,7-8H2,1-3H3;5H,1-3H2,(H,6,7). The minimum absolute atomic E-state index is 0.0136. The van der Waals surface area contributed by atoms with Crippen LogP contribution in [0.1, 0.15) is 115 Å². The van der Waals surface area contributed by atoms with Gasteiger partial charge in [0.15, 0.2) is 17.4 Å². The monoisotopic (exact) mass is 1470 g/mol. The molecule has 7 saturated heterocycles. The molecule has 7 aliphatic heterocycles. The Morgan fingerprint density at radius 2 is 1.05 bits per heavy atom. The Kier molecular flexibility index (Phi) is 28.7. The molecule has 0 saturated carbocycles. The van der Waals surface area contributed by atoms with Crippen LogP contribution >= 0.6 is 15.9 Å². The van der Waals surface area contributed by atoms with Gasteiger partial charge in [0.05, 0.1) is 86.2 Å². The number of carbonyl (C=O) groups is 5. The van der Waals surface area contributed by atoms with Crippen LogP contribution in [0.15, 0.2) is 108 Å². The SMILES string of the molecule is COc1cccc(Br)c1CC1COC(C)(C)O1.COc1cccc(C=O)c1CC1COC(C)(C)O1.COc1cccc(CN2CCNC(=O)C2)c1CC1COC(C)(C)O1.COc1cccc(CN2CCNC(=O)C2)c1CCN1CCC(n2ccc3ccc(C(N)=O)cc32)CC1.O=C1CNCCN1. The molecule has 0 spiro atoms. The maximum atomic E-state index is 11.8. The summed E-state index contributed by atoms with van der Waals surface area (Å²) < 4.78 is 59.6. The second kappa shape index (κ2) is 37.3. The second-order valence-corrected chi connectivity index (χ2v) is 28.4. The predicted molar refractivity (Wildman–Crippen MR) is 392 cm³/mol. The number of methoxy groups -OCH3 is 4. The third kappa shape index (κ3) is 22.7. The number of aromatic nitrogens is 1. The van der Waals surface area contributed by atoms with Crippen LogP contribution in [-0.4, -0.2) is 212 Å². The highest BCUT2D eigenvalue weighted by atomic mass is 79.9. The number of aldehydes is 1. The van der Waals surface area contributed by atoms with Crippen molar-refractivity contribution in [3.8, 4) is 23.0 Å². The average Bonchev–Trinajstić information content (AvgIpc) is 1.62. The largest absolute Gasteiger partial charge is 0.496 e. The Bertz CT molecular complexity index is 3780. The van der Waals surface area contributed by atoms with E-state index in [0.29, 0.717) is 81.9 Å². The van der Waals surface area contributed by atoms with Gasteiger partial charge < -0.3 is 83.8 Å². The van der Waals surface area contributed by atoms with Crippen molar-refractivity contribution < 1.29 is 71.3 Å². The van der Waals surface area contributed by atoms with E-state index in [1.807, 2.05) is 108 Å². The summed E-state index contributed by atoms with van der Waals surface area (Å²) in [5.74, 6) is 1.72. The maximum absolute atomic E-state index is 11.8. The lowest BCUT2D eigenvalue weighted by Gasteiger charge is -2.33. The van der Waals surface area contributed by atoms with E-state index >= 15 is 0 Å². The Balaban J connectivity index is 0.000000160. The summed E-state index contributed by atoms with van der Waals surface area (Å²) in [7, 11) is 6.70. The molecule has 4 amide bonds. The zero-order valence-corrected chi connectivity index (χ0v) is 62.4. The van der Waals surface area contributed by atoms with Gasteiger partial charge in [-0.1, -0.05) is 64.5 Å². The summed E-state index contributed by atoms with van der Waals surface area (Å²) in [5, 5.41) is 12.5. The smallest absolute Gasteiger partial charge is 0.248 e. The number of nitrogens with two attached hydrogens (primary N) is 1. The Morgan fingerprint density at radius 3 is 1.52 bits per heavy atom. The van der Waals surface area contributed by atoms with Crippen molar-refractivity contribution in [1.29, 1.82) is 0 Å². The molecule has 6 aromatic rings. The van der Waals surface area contributed by atoms with E-state index in [2.05, 4.69) is 80.9 Å². The molecule has 3 atom stereocenters. The molecule has 8 heterocycles. The molecule has 5 aromatic carbocycles. The van der Waals surface area contributed by atoms with Gasteiger partial charge in [-0.05, 0) is 131 Å². The number of piperazine rings is 3. The molecule has 25 heteroatoms. The highest BCUT2D eigenvalue weighted by molar-refractivity contribution is 9.10. The van der Waals surface area contributed by atoms with E-state index in [1.165, 1.54) is 16.7 Å². The summed E-state index contributed by atoms with van der Waals surface area (Å²) in [6.07, 6.45) is 8.21. The quantitative estimate of drug-likeness (QED) is 0.0454. The van der Waals surface area contributed by atoms with Crippen LogP contribution in [-0.2, 0) is 81.6 Å². The van der Waals surface area contributed by atoms with E-state index in [0.717, 1.165) is 147 Å². The number of halogens is 1. The molecule has 0 bridgehead atoms. The fraction of sp³-hybridized carbons (Fsp3) is 0.519. The van der Waals surface area contributed by atoms with Crippen molar-refractivity contribution in [2.75, 3.05) is 127 Å². The summed E-state index contributed by atoms with van der Waals surface area (Å²) in [6.45, 7) is 23.9. The van der Waals surface area contributed by atoms with Crippen LogP contribution in [0.3, 0.4) is 0 Å². The van der Waals surface area contributed by atoms with Crippen molar-refractivity contribution in [2.45, 2.75) is 135 Å². The molecule has 7 fully saturated rings. The molecule has 3 unspecified atom stereocenters. The number of fused-ring (bicyclic) bond motifs is 1. The average molecular weight is 1480 g/mol. The number of ether oxygens (including phenoxy) is 10. The molecule has 0 aliphatic carbocycles. The molecule has 1 aromatic heterocycles. The van der Waals surface area contributed by atoms with Crippen molar-refractivity contribution in [3.05, 3.63) is 152 Å². The number of piperidine rings is 1. The number of carbonyl (C=O) groups excluding carboxylic acids is 5. The summed E-state index contributed by atoms with van der Waals surface area (Å²) in [4.78, 5) is 63.3. The van der Waals surface area contributed by atoms with Crippen molar-refractivity contribution >= 4 is 56.7 Å². The summed E-state index contributed by atoms with van der Waals surface area (Å²) in [6, 6.07) is 31.9. The van der Waals surface area contributed by atoms with Gasteiger partial charge in [-0.25, -0.2) is 0 Å². The summed E-state index contributed by atoms with van der Waals surface area (Å²) in [5.41, 5.74) is 14.6. The van der Waals surface area contributed by atoms with Crippen LogP contribution < -0.4 is 45.9 Å². The molecular formula is C77H104BrN9O15. The van der Waals surface area contributed by atoms with Crippen molar-refractivity contribution in [1.82, 2.24) is 40.5 Å². The molecule has 554 valence electrons. The van der Waals surface area contributed by atoms with Crippen molar-refractivity contribution in [3.63, 3.8) is 0 Å². The number of primary amides is 1. The number of likely N-dealkylation sites (tertiary alicyclic amines) is 1. The Morgan fingerprint density at radius 1 is 0.569 bits per heavy atom. The minimum atomic E-state index is -0.548. The summed E-state index contributed by atoms with van der Waals surface area (Å²) >= 11 is 3.55. The van der Waals surface area contributed by atoms with Gasteiger partial charge >= 0.3 is 0 Å². The molecule has 6 N–H and O–H groups in total. The first-order valence-corrected chi connectivity index (χ1v) is 36.0. The number of benzene rings is 5. The Hall–Kier alpha value is -7.53. The molecule has 24 nitrogen and oxygen atoms in total. The van der Waals surface area contributed by atoms with Gasteiger partial charge in [0, 0.05) is 141 Å². The number of nitrogens with zero attached hydrogens (tertiary/aromatic N) is 4. The third-order valence-corrected chi connectivity index (χ3v) is 19.5. The van der Waals surface area contributed by atoms with E-state index in [4.69, 9.17) is 53.1 Å². The van der Waals surface area contributed by atoms with E-state index in [9.17, 15) is 24.0 Å². The number of rotatable bonds is 20. The molecule has 7 aliphatic rings. The van der Waals surface area contributed by atoms with Gasteiger partial charge in [-0.3, -0.25) is 33.8 Å². The molecule has 0 radical (unpaired) electrons. The van der Waals surface area contributed by atoms with Crippen LogP contribution in [0.2, 0.25) is 0 Å². The van der Waals surface area contributed by atoms with Crippen LogP contribution in [0, 0.1) is 0 Å². The number of nitrogens with one attached hydrogen (secondary N) is 4. The minimum Gasteiger partial charge on any atom is -0.496 e. The third-order valence-electron chi connectivity index (χ3n) is 18.8. The first-order chi connectivity index (χ1) is 48.9. The van der Waals surface area contributed by atoms with Gasteiger partial charge in [0.2, 0.25) is 23.6 Å². The number of hydrogen-bond acceptors (Lipinski definition) is 19. The second-order valence-electron chi connectivity index (χ2n) is 27.6. The lowest BCUT2D eigenvalue weighted by molar-refractivity contribution is -0.138. The van der Waals surface area contributed by atoms with Gasteiger partial charge in [0.1, 0.15) is 29.3 Å². The zero-order chi connectivity index (χ0) is 73.0. The van der Waals surface area contributed by atoms with Crippen LogP contribution in [0.25, 0.3) is 10.9 Å². The topological polar surface area (TPSA) is 266 Å². The van der Waals surface area contributed by atoms with Crippen LogP contribution in [0.4, 0.5) is 0 Å². The Labute approximate surface area is 608 Å². The number of hydrogen-bond donors (Lipinski definition) is 5. The van der Waals surface area contributed by atoms with E-state index < -0.39 is 23.3 Å². The normalized spacial score (nSPS) is 21.0. The van der Waals surface area contributed by atoms with Crippen molar-refractivity contribution in [2.24, 2.45) is 5.73 Å². The predicted octanol–water partition coefficient (Wildman–Crippen LogP) is 7.94. The highest BCUT2D eigenvalue weighted by Crippen LogP contribution is 2.36. The molecular weight excluding hydrogens is 1370 g/mol. The van der Waals surface area contributed by atoms with Crippen LogP contribution in [0.5, 0.6) is 23.0 Å². The lowest BCUT2D eigenvalue weighted by atomic mass is 9.99. The van der Waals surface area contributed by atoms with Gasteiger partial charge in [0.25, 0.3) is 0 Å². The fourth-order valence-corrected chi connectivity index (χ4v) is 14.2. The number of amides is 4. The molecule has 13 rings (SSSR count). The first kappa shape index (κ1) is 78.6. The lowest BCUT2D eigenvalue weighted by Crippen LogP contribution is -2.47. The van der Waals surface area contributed by atoms with Gasteiger partial charge in [-0.15, -0.1) is 0 Å². The molecule has 102 heavy (non-hydrogen) atoms. The maximum Gasteiger partial charge on any atom is 0.248 e. The zero-order valence-electron chi connectivity index (χ0n) is 60.8. The van der Waals surface area contributed by atoms with Gasteiger partial charge in [-0.2, -0.15) is 0 Å². The van der Waals surface area contributed by atoms with E-state index in [-0.39, 0.29) is 36.0 Å².